The van der Waals surface area contributed by atoms with Gasteiger partial charge in [-0.1, -0.05) is 11.8 Å². The fraction of sp³-hybridized carbons (Fsp3) is 0.0909. The topological polar surface area (TPSA) is 25.8 Å². The standard InChI is InChI=1S/C11H4F5N2S/c12-6-1-2-9(8(13)3-6)19-10-7(11(14,15)16)4-17-5-18-10/h1-4H. The highest BCUT2D eigenvalue weighted by atomic mass is 32.2. The van der Waals surface area contributed by atoms with E-state index in [1.54, 1.807) is 0 Å². The van der Waals surface area contributed by atoms with E-state index in [2.05, 4.69) is 9.97 Å². The van der Waals surface area contributed by atoms with E-state index in [0.717, 1.165) is 12.1 Å². The quantitative estimate of drug-likeness (QED) is 0.623. The summed E-state index contributed by atoms with van der Waals surface area (Å²) in [5.74, 6) is -1.77. The normalized spacial score (nSPS) is 11.6. The van der Waals surface area contributed by atoms with Gasteiger partial charge in [0.25, 0.3) is 0 Å². The molecule has 0 saturated carbocycles. The lowest BCUT2D eigenvalue weighted by Crippen LogP contribution is -2.08. The maximum absolute atomic E-state index is 13.4. The maximum atomic E-state index is 13.4. The predicted octanol–water partition coefficient (Wildman–Crippen LogP) is 3.72. The number of benzene rings is 1. The number of nitrogens with zero attached hydrogens (tertiary/aromatic N) is 2. The van der Waals surface area contributed by atoms with Crippen LogP contribution in [-0.2, 0) is 6.18 Å². The van der Waals surface area contributed by atoms with E-state index in [4.69, 9.17) is 0 Å². The number of rotatable bonds is 2. The Morgan fingerprint density at radius 1 is 1.16 bits per heavy atom. The second-order valence-corrected chi connectivity index (χ2v) is 4.39. The number of alkyl halides is 3. The highest BCUT2D eigenvalue weighted by Gasteiger charge is 2.35. The minimum Gasteiger partial charge on any atom is -0.233 e. The third-order valence-electron chi connectivity index (χ3n) is 2.04. The first-order chi connectivity index (χ1) is 8.88. The Balaban J connectivity index is 2.39. The molecule has 0 fully saturated rings. The molecule has 0 saturated heterocycles. The highest BCUT2D eigenvalue weighted by molar-refractivity contribution is 7.99. The van der Waals surface area contributed by atoms with Crippen LogP contribution in [-0.4, -0.2) is 9.97 Å². The third kappa shape index (κ3) is 3.19. The monoisotopic (exact) mass is 291 g/mol. The molecule has 99 valence electrons. The molecule has 0 amide bonds. The Labute approximate surface area is 108 Å². The van der Waals surface area contributed by atoms with Gasteiger partial charge in [-0.25, -0.2) is 18.7 Å². The van der Waals surface area contributed by atoms with Gasteiger partial charge in [0.2, 0.25) is 0 Å². The smallest absolute Gasteiger partial charge is 0.233 e. The first-order valence-corrected chi connectivity index (χ1v) is 5.63. The molecule has 0 aliphatic rings. The summed E-state index contributed by atoms with van der Waals surface area (Å²) in [6, 6.07) is 2.57. The molecule has 19 heavy (non-hydrogen) atoms. The van der Waals surface area contributed by atoms with Crippen LogP contribution >= 0.6 is 11.8 Å². The summed E-state index contributed by atoms with van der Waals surface area (Å²) < 4.78 is 64.0. The molecule has 0 aliphatic heterocycles. The third-order valence-corrected chi connectivity index (χ3v) is 3.09. The van der Waals surface area contributed by atoms with Gasteiger partial charge in [0.1, 0.15) is 22.2 Å². The lowest BCUT2D eigenvalue weighted by molar-refractivity contribution is -0.140. The van der Waals surface area contributed by atoms with Crippen LogP contribution in [0.5, 0.6) is 0 Å². The van der Waals surface area contributed by atoms with Crippen LogP contribution in [0.3, 0.4) is 0 Å². The molecule has 8 heteroatoms. The Morgan fingerprint density at radius 3 is 2.53 bits per heavy atom. The Kier molecular flexibility index (Phi) is 3.70. The van der Waals surface area contributed by atoms with Gasteiger partial charge in [0, 0.05) is 17.2 Å². The molecule has 0 spiro atoms. The van der Waals surface area contributed by atoms with Crippen molar-refractivity contribution in [3.05, 3.63) is 47.9 Å². The largest absolute Gasteiger partial charge is 0.420 e. The van der Waals surface area contributed by atoms with E-state index in [1.165, 1.54) is 0 Å². The lowest BCUT2D eigenvalue weighted by atomic mass is 10.3. The van der Waals surface area contributed by atoms with E-state index in [9.17, 15) is 22.0 Å². The zero-order chi connectivity index (χ0) is 14.0. The van der Waals surface area contributed by atoms with Gasteiger partial charge in [0.15, 0.2) is 6.33 Å². The molecular weight excluding hydrogens is 287 g/mol. The van der Waals surface area contributed by atoms with E-state index in [-0.39, 0.29) is 4.90 Å². The molecule has 0 N–H and O–H groups in total. The fourth-order valence-corrected chi connectivity index (χ4v) is 2.08. The van der Waals surface area contributed by atoms with Crippen molar-refractivity contribution in [2.45, 2.75) is 16.1 Å². The van der Waals surface area contributed by atoms with Gasteiger partial charge in [-0.2, -0.15) is 13.2 Å². The van der Waals surface area contributed by atoms with Crippen LogP contribution in [0.25, 0.3) is 0 Å². The molecule has 2 nitrogen and oxygen atoms in total. The Bertz CT molecular complexity index is 600. The van der Waals surface area contributed by atoms with E-state index in [0.29, 0.717) is 24.0 Å². The van der Waals surface area contributed by atoms with Gasteiger partial charge in [0.05, 0.1) is 0 Å². The minimum absolute atomic E-state index is 0.168. The second-order valence-electron chi connectivity index (χ2n) is 3.36. The van der Waals surface area contributed by atoms with Crippen LogP contribution in [0.1, 0.15) is 5.56 Å². The zero-order valence-corrected chi connectivity index (χ0v) is 9.82. The van der Waals surface area contributed by atoms with Crippen molar-refractivity contribution in [2.24, 2.45) is 0 Å². The Morgan fingerprint density at radius 2 is 1.89 bits per heavy atom. The summed E-state index contributed by atoms with van der Waals surface area (Å²) in [5, 5.41) is -0.493. The minimum atomic E-state index is -4.66. The number of aromatic nitrogens is 2. The van der Waals surface area contributed by atoms with Crippen molar-refractivity contribution < 1.29 is 22.0 Å². The van der Waals surface area contributed by atoms with Crippen LogP contribution in [0, 0.1) is 18.0 Å². The van der Waals surface area contributed by atoms with Crippen LogP contribution in [0.2, 0.25) is 0 Å². The van der Waals surface area contributed by atoms with E-state index >= 15 is 0 Å². The van der Waals surface area contributed by atoms with Crippen molar-refractivity contribution >= 4 is 11.8 Å². The summed E-state index contributed by atoms with van der Waals surface area (Å²) in [6.45, 7) is 0. The average Bonchev–Trinajstić information content (AvgIpc) is 2.32. The maximum Gasteiger partial charge on any atom is 0.420 e. The van der Waals surface area contributed by atoms with Crippen molar-refractivity contribution in [1.82, 2.24) is 9.97 Å². The number of hydrogen-bond acceptors (Lipinski definition) is 3. The van der Waals surface area contributed by atoms with Gasteiger partial charge in [-0.3, -0.25) is 0 Å². The van der Waals surface area contributed by atoms with E-state index < -0.39 is 28.4 Å². The summed E-state index contributed by atoms with van der Waals surface area (Å²) in [4.78, 5) is 6.35. The molecule has 1 heterocycles. The van der Waals surface area contributed by atoms with Gasteiger partial charge in [-0.15, -0.1) is 0 Å². The summed E-state index contributed by atoms with van der Waals surface area (Å²) in [5.41, 5.74) is -1.10. The molecule has 2 rings (SSSR count). The van der Waals surface area contributed by atoms with Crippen LogP contribution < -0.4 is 0 Å². The molecule has 1 aromatic heterocycles. The highest BCUT2D eigenvalue weighted by Crippen LogP contribution is 2.38. The number of halogens is 5. The number of hydrogen-bond donors (Lipinski definition) is 0. The molecule has 0 unspecified atom stereocenters. The summed E-state index contributed by atoms with van der Waals surface area (Å²) in [7, 11) is 0. The SMILES string of the molecule is Fc1ccc(Sc2n[c]ncc2C(F)(F)F)c(F)c1. The van der Waals surface area contributed by atoms with Crippen molar-refractivity contribution in [3.63, 3.8) is 0 Å². The summed E-state index contributed by atoms with van der Waals surface area (Å²) in [6.07, 6.45) is -2.10. The first-order valence-electron chi connectivity index (χ1n) is 4.81. The fourth-order valence-electron chi connectivity index (χ4n) is 1.22. The van der Waals surface area contributed by atoms with Gasteiger partial charge < -0.3 is 0 Å². The predicted molar refractivity (Wildman–Crippen MR) is 56.4 cm³/mol. The lowest BCUT2D eigenvalue weighted by Gasteiger charge is -2.10. The molecule has 1 aromatic carbocycles. The van der Waals surface area contributed by atoms with Crippen LogP contribution in [0.4, 0.5) is 22.0 Å². The summed E-state index contributed by atoms with van der Waals surface area (Å²) >= 11 is 0.432. The van der Waals surface area contributed by atoms with Crippen molar-refractivity contribution in [3.8, 4) is 0 Å². The molecular formula is C11H4F5N2S. The Hall–Kier alpha value is -1.70. The first kappa shape index (κ1) is 13.7. The molecule has 0 atom stereocenters. The van der Waals surface area contributed by atoms with E-state index in [1.807, 2.05) is 6.33 Å². The van der Waals surface area contributed by atoms with Crippen LogP contribution in [0.15, 0.2) is 34.3 Å². The zero-order valence-electron chi connectivity index (χ0n) is 9.00. The molecule has 0 aliphatic carbocycles. The second kappa shape index (κ2) is 5.12. The average molecular weight is 291 g/mol. The molecule has 2 aromatic rings. The van der Waals surface area contributed by atoms with Crippen molar-refractivity contribution in [2.75, 3.05) is 0 Å². The van der Waals surface area contributed by atoms with Gasteiger partial charge >= 0.3 is 6.18 Å². The van der Waals surface area contributed by atoms with Gasteiger partial charge in [-0.05, 0) is 12.1 Å². The van der Waals surface area contributed by atoms with Crippen molar-refractivity contribution in [1.29, 1.82) is 0 Å². The molecule has 1 radical (unpaired) electrons. The molecule has 0 bridgehead atoms.